The van der Waals surface area contributed by atoms with Gasteiger partial charge in [0, 0.05) is 23.2 Å². The number of hydrogen-bond acceptors (Lipinski definition) is 2. The first-order valence-electron chi connectivity index (χ1n) is 10.8. The van der Waals surface area contributed by atoms with Crippen LogP contribution in [0.4, 0.5) is 5.69 Å². The van der Waals surface area contributed by atoms with E-state index in [4.69, 9.17) is 0 Å². The van der Waals surface area contributed by atoms with E-state index >= 15 is 0 Å². The van der Waals surface area contributed by atoms with E-state index < -0.39 is 0 Å². The summed E-state index contributed by atoms with van der Waals surface area (Å²) in [4.78, 5) is 26.2. The van der Waals surface area contributed by atoms with Crippen LogP contribution in [-0.2, 0) is 4.79 Å². The third-order valence-electron chi connectivity index (χ3n) is 5.28. The minimum Gasteiger partial charge on any atom is -0.326 e. The van der Waals surface area contributed by atoms with Crippen molar-refractivity contribution in [2.45, 2.75) is 27.2 Å². The summed E-state index contributed by atoms with van der Waals surface area (Å²) in [7, 11) is 0. The number of nitrogens with zero attached hydrogens (tertiary/aromatic N) is 1. The van der Waals surface area contributed by atoms with Gasteiger partial charge in [-0.1, -0.05) is 74.0 Å². The molecule has 0 saturated heterocycles. The minimum absolute atomic E-state index is 0.0662. The molecule has 1 heterocycles. The van der Waals surface area contributed by atoms with E-state index in [0.29, 0.717) is 28.9 Å². The average molecular weight is 426 g/mol. The number of carbonyl (C=O) groups excluding carboxylic acids is 1. The molecule has 4 aromatic rings. The number of aromatic nitrogens is 2. The lowest BCUT2D eigenvalue weighted by Crippen LogP contribution is -2.17. The van der Waals surface area contributed by atoms with Crippen molar-refractivity contribution in [2.75, 3.05) is 5.32 Å². The number of benzene rings is 3. The highest BCUT2D eigenvalue weighted by molar-refractivity contribution is 5.97. The first kappa shape index (κ1) is 21.4. The Bertz CT molecular complexity index is 1300. The smallest absolute Gasteiger partial charge is 0.279 e. The molecular weight excluding hydrogens is 398 g/mol. The van der Waals surface area contributed by atoms with E-state index in [1.165, 1.54) is 0 Å². The predicted molar refractivity (Wildman–Crippen MR) is 130 cm³/mol. The first-order chi connectivity index (χ1) is 15.4. The SMILES string of the molecule is Cc1cccc(-c2[nH]n(-c3ccccc3)c(=O)c2-c2ccccc2NC(=O)CC(C)C)c1. The normalized spacial score (nSPS) is 11.0. The topological polar surface area (TPSA) is 66.9 Å². The van der Waals surface area contributed by atoms with Crippen LogP contribution in [0.15, 0.2) is 83.7 Å². The fraction of sp³-hybridized carbons (Fsp3) is 0.185. The van der Waals surface area contributed by atoms with Crippen LogP contribution in [0.1, 0.15) is 25.8 Å². The number of hydrogen-bond donors (Lipinski definition) is 2. The average Bonchev–Trinajstić information content (AvgIpc) is 3.11. The van der Waals surface area contributed by atoms with E-state index in [1.807, 2.05) is 99.6 Å². The van der Waals surface area contributed by atoms with Crippen molar-refractivity contribution < 1.29 is 4.79 Å². The molecule has 0 atom stereocenters. The van der Waals surface area contributed by atoms with E-state index in [-0.39, 0.29) is 17.4 Å². The summed E-state index contributed by atoms with van der Waals surface area (Å²) >= 11 is 0. The van der Waals surface area contributed by atoms with Gasteiger partial charge in [0.1, 0.15) is 0 Å². The number of amides is 1. The van der Waals surface area contributed by atoms with Gasteiger partial charge in [0.05, 0.1) is 16.9 Å². The summed E-state index contributed by atoms with van der Waals surface area (Å²) < 4.78 is 1.56. The minimum atomic E-state index is -0.168. The molecule has 3 aromatic carbocycles. The second kappa shape index (κ2) is 9.10. The molecule has 5 heteroatoms. The van der Waals surface area contributed by atoms with Crippen molar-refractivity contribution in [1.82, 2.24) is 9.78 Å². The van der Waals surface area contributed by atoms with Crippen molar-refractivity contribution in [3.8, 4) is 28.1 Å². The van der Waals surface area contributed by atoms with E-state index in [0.717, 1.165) is 16.8 Å². The van der Waals surface area contributed by atoms with Gasteiger partial charge in [-0.3, -0.25) is 14.7 Å². The molecule has 162 valence electrons. The zero-order chi connectivity index (χ0) is 22.7. The number of rotatable bonds is 6. The second-order valence-electron chi connectivity index (χ2n) is 8.40. The van der Waals surface area contributed by atoms with Gasteiger partial charge >= 0.3 is 0 Å². The lowest BCUT2D eigenvalue weighted by atomic mass is 9.99. The van der Waals surface area contributed by atoms with E-state index in [9.17, 15) is 9.59 Å². The molecule has 0 bridgehead atoms. The lowest BCUT2D eigenvalue weighted by Gasteiger charge is -2.12. The molecule has 0 unspecified atom stereocenters. The molecular formula is C27H27N3O2. The zero-order valence-electron chi connectivity index (χ0n) is 18.6. The largest absolute Gasteiger partial charge is 0.326 e. The number of aromatic amines is 1. The maximum atomic E-state index is 13.7. The first-order valence-corrected chi connectivity index (χ1v) is 10.8. The Morgan fingerprint density at radius 3 is 2.41 bits per heavy atom. The zero-order valence-corrected chi connectivity index (χ0v) is 18.6. The predicted octanol–water partition coefficient (Wildman–Crippen LogP) is 5.79. The number of para-hydroxylation sites is 2. The summed E-state index contributed by atoms with van der Waals surface area (Å²) in [6.07, 6.45) is 0.417. The third-order valence-corrected chi connectivity index (χ3v) is 5.28. The Balaban J connectivity index is 1.92. The molecule has 4 rings (SSSR count). The summed E-state index contributed by atoms with van der Waals surface area (Å²) in [5, 5.41) is 6.32. The molecule has 0 radical (unpaired) electrons. The third kappa shape index (κ3) is 4.42. The lowest BCUT2D eigenvalue weighted by molar-refractivity contribution is -0.116. The van der Waals surface area contributed by atoms with Crippen LogP contribution in [0.2, 0.25) is 0 Å². The molecule has 0 aliphatic heterocycles. The Hall–Kier alpha value is -3.86. The molecule has 0 aliphatic carbocycles. The molecule has 1 aromatic heterocycles. The van der Waals surface area contributed by atoms with Gasteiger partial charge in [0.2, 0.25) is 5.91 Å². The molecule has 5 nitrogen and oxygen atoms in total. The fourth-order valence-electron chi connectivity index (χ4n) is 3.84. The highest BCUT2D eigenvalue weighted by Crippen LogP contribution is 2.34. The van der Waals surface area contributed by atoms with Crippen molar-refractivity contribution >= 4 is 11.6 Å². The van der Waals surface area contributed by atoms with Crippen LogP contribution in [0.25, 0.3) is 28.1 Å². The van der Waals surface area contributed by atoms with Gasteiger partial charge in [-0.2, -0.15) is 0 Å². The summed E-state index contributed by atoms with van der Waals surface area (Å²) in [5.41, 5.74) is 5.15. The van der Waals surface area contributed by atoms with E-state index in [1.54, 1.807) is 4.68 Å². The number of nitrogens with one attached hydrogen (secondary N) is 2. The van der Waals surface area contributed by atoms with Gasteiger partial charge in [0.25, 0.3) is 5.56 Å². The van der Waals surface area contributed by atoms with Crippen molar-refractivity contribution in [2.24, 2.45) is 5.92 Å². The van der Waals surface area contributed by atoms with E-state index in [2.05, 4.69) is 10.4 Å². The van der Waals surface area contributed by atoms with Crippen LogP contribution >= 0.6 is 0 Å². The standard InChI is InChI=1S/C27H27N3O2/c1-18(2)16-24(31)28-23-15-8-7-14-22(23)25-26(20-11-9-10-19(3)17-20)29-30(27(25)32)21-12-5-4-6-13-21/h4-15,17-18,29H,16H2,1-3H3,(H,28,31). The Kier molecular flexibility index (Phi) is 6.08. The number of aryl methyl sites for hydroxylation is 1. The molecule has 2 N–H and O–H groups in total. The van der Waals surface area contributed by atoms with Gasteiger partial charge < -0.3 is 5.32 Å². The molecule has 1 amide bonds. The fourth-order valence-corrected chi connectivity index (χ4v) is 3.84. The molecule has 0 fully saturated rings. The quantitative estimate of drug-likeness (QED) is 0.410. The van der Waals surface area contributed by atoms with Gasteiger partial charge in [-0.25, -0.2) is 4.68 Å². The summed E-state index contributed by atoms with van der Waals surface area (Å²) in [6, 6.07) is 25.0. The van der Waals surface area contributed by atoms with Crippen LogP contribution in [0.5, 0.6) is 0 Å². The summed E-state index contributed by atoms with van der Waals surface area (Å²) in [6.45, 7) is 6.04. The highest BCUT2D eigenvalue weighted by Gasteiger charge is 2.21. The maximum absolute atomic E-state index is 13.7. The van der Waals surface area contributed by atoms with Gasteiger partial charge in [-0.05, 0) is 37.1 Å². The highest BCUT2D eigenvalue weighted by atomic mass is 16.1. The van der Waals surface area contributed by atoms with Crippen molar-refractivity contribution in [3.05, 3.63) is 94.8 Å². The summed E-state index contributed by atoms with van der Waals surface area (Å²) in [5.74, 6) is 0.177. The van der Waals surface area contributed by atoms with Crippen LogP contribution in [0.3, 0.4) is 0 Å². The Morgan fingerprint density at radius 2 is 1.69 bits per heavy atom. The van der Waals surface area contributed by atoms with Gasteiger partial charge in [0.15, 0.2) is 0 Å². The molecule has 32 heavy (non-hydrogen) atoms. The molecule has 0 aliphatic rings. The second-order valence-corrected chi connectivity index (χ2v) is 8.40. The monoisotopic (exact) mass is 425 g/mol. The number of carbonyl (C=O) groups is 1. The molecule has 0 saturated carbocycles. The van der Waals surface area contributed by atoms with Gasteiger partial charge in [-0.15, -0.1) is 0 Å². The van der Waals surface area contributed by atoms with Crippen molar-refractivity contribution in [3.63, 3.8) is 0 Å². The Morgan fingerprint density at radius 1 is 0.969 bits per heavy atom. The Labute approximate surface area is 187 Å². The maximum Gasteiger partial charge on any atom is 0.279 e. The van der Waals surface area contributed by atoms with Crippen LogP contribution in [0, 0.1) is 12.8 Å². The van der Waals surface area contributed by atoms with Crippen LogP contribution < -0.4 is 10.9 Å². The number of H-pyrrole nitrogens is 1. The van der Waals surface area contributed by atoms with Crippen molar-refractivity contribution in [1.29, 1.82) is 0 Å². The molecule has 0 spiro atoms. The number of anilines is 1. The van der Waals surface area contributed by atoms with Crippen LogP contribution in [-0.4, -0.2) is 15.7 Å².